The monoisotopic (exact) mass is 889 g/mol. The summed E-state index contributed by atoms with van der Waals surface area (Å²) in [5, 5.41) is 0. The molecule has 2 aliphatic carbocycles. The number of alkyl halides is 6. The van der Waals surface area contributed by atoms with E-state index in [0.29, 0.717) is 74.9 Å². The van der Waals surface area contributed by atoms with Gasteiger partial charge >= 0.3 is 12.4 Å². The summed E-state index contributed by atoms with van der Waals surface area (Å²) in [6, 6.07) is 11.5. The molecular weight excluding hydrogens is 860 g/mol. The van der Waals surface area contributed by atoms with Gasteiger partial charge in [0.2, 0.25) is 5.41 Å². The van der Waals surface area contributed by atoms with Crippen LogP contribution in [0, 0.1) is 6.92 Å². The maximum atomic E-state index is 15.6. The molecule has 0 N–H and O–H groups in total. The van der Waals surface area contributed by atoms with Crippen molar-refractivity contribution >= 4 is 77.6 Å². The van der Waals surface area contributed by atoms with Gasteiger partial charge in [-0.3, -0.25) is 0 Å². The molecule has 6 rings (SSSR count). The normalized spacial score (nSPS) is 21.2. The van der Waals surface area contributed by atoms with Crippen LogP contribution in [0.4, 0.5) is 32.0 Å². The molecule has 2 fully saturated rings. The Morgan fingerprint density at radius 3 is 2.00 bits per heavy atom. The van der Waals surface area contributed by atoms with Gasteiger partial charge in [-0.1, -0.05) is 30.3 Å². The molecule has 4 nitrogen and oxygen atoms in total. The van der Waals surface area contributed by atoms with E-state index in [1.165, 1.54) is 12.1 Å². The second-order valence-electron chi connectivity index (χ2n) is 11.4. The number of anilines is 1. The second-order valence-corrected chi connectivity index (χ2v) is 15.0. The molecule has 2 saturated heterocycles. The SMILES string of the molecule is Cc1ccccc1C1=C2C=CC(=[N+]3CCN(SI)CC3)C=C2C(C(F)(F)F)(C(F)(F)F)c2cc(N3CCN(SI)CC3)ccc21. The maximum Gasteiger partial charge on any atom is 0.411 e. The number of hydrogen-bond donors (Lipinski definition) is 0. The van der Waals surface area contributed by atoms with Gasteiger partial charge in [-0.25, -0.2) is 13.2 Å². The Balaban J connectivity index is 1.65. The summed E-state index contributed by atoms with van der Waals surface area (Å²) >= 11 is 4.35. The van der Waals surface area contributed by atoms with Crippen molar-refractivity contribution in [3.8, 4) is 0 Å². The molecule has 0 spiro atoms. The molecule has 45 heavy (non-hydrogen) atoms. The van der Waals surface area contributed by atoms with Crippen molar-refractivity contribution in [1.29, 1.82) is 0 Å². The number of benzene rings is 2. The van der Waals surface area contributed by atoms with Crippen molar-refractivity contribution < 1.29 is 30.9 Å². The highest BCUT2D eigenvalue weighted by Gasteiger charge is 2.75. The molecule has 4 aliphatic rings. The molecule has 2 aromatic rings. The van der Waals surface area contributed by atoms with Gasteiger partial charge in [0.05, 0.1) is 13.1 Å². The zero-order chi connectivity index (χ0) is 32.1. The lowest BCUT2D eigenvalue weighted by atomic mass is 9.61. The fourth-order valence-corrected chi connectivity index (χ4v) is 9.72. The molecule has 0 radical (unpaired) electrons. The highest BCUT2D eigenvalue weighted by atomic mass is 127. The van der Waals surface area contributed by atoms with Crippen LogP contribution in [0.15, 0.2) is 71.8 Å². The Morgan fingerprint density at radius 2 is 1.40 bits per heavy atom. The minimum Gasteiger partial charge on any atom is -0.369 e. The lowest BCUT2D eigenvalue weighted by molar-refractivity contribution is -0.535. The lowest BCUT2D eigenvalue weighted by Gasteiger charge is -2.46. The first-order chi connectivity index (χ1) is 21.4. The average Bonchev–Trinajstić information content (AvgIpc) is 3.02. The van der Waals surface area contributed by atoms with E-state index in [-0.39, 0.29) is 11.1 Å². The standard InChI is InChI=1S/C31H29F6I2N4S2/c1-20-4-2-3-5-23(20)28-24-8-6-21(40-10-14-42(44-38)15-11-40)18-26(24)29(30(32,33)34,31(35,36)37)27-19-22(7-9-25(27)28)41-12-16-43(45-39)17-13-41/h2-9,18-19H,10-17H2,1H3/q+1. The van der Waals surface area contributed by atoms with Crippen LogP contribution in [0.1, 0.15) is 22.3 Å². The van der Waals surface area contributed by atoms with Crippen LogP contribution in [0.3, 0.4) is 0 Å². The van der Waals surface area contributed by atoms with Crippen molar-refractivity contribution in [2.24, 2.45) is 0 Å². The van der Waals surface area contributed by atoms with E-state index in [0.717, 1.165) is 17.7 Å². The van der Waals surface area contributed by atoms with E-state index in [2.05, 4.69) is 51.0 Å². The topological polar surface area (TPSA) is 12.7 Å². The van der Waals surface area contributed by atoms with E-state index in [1.54, 1.807) is 42.5 Å². The summed E-state index contributed by atoms with van der Waals surface area (Å²) in [5.41, 5.74) is -3.35. The summed E-state index contributed by atoms with van der Waals surface area (Å²) in [6.07, 6.45) is -7.04. The van der Waals surface area contributed by atoms with Crippen molar-refractivity contribution in [1.82, 2.24) is 8.61 Å². The highest BCUT2D eigenvalue weighted by Crippen LogP contribution is 2.63. The Kier molecular flexibility index (Phi) is 9.74. The zero-order valence-electron chi connectivity index (χ0n) is 24.1. The lowest BCUT2D eigenvalue weighted by Crippen LogP contribution is -2.57. The van der Waals surface area contributed by atoms with E-state index in [4.69, 9.17) is 0 Å². The van der Waals surface area contributed by atoms with Crippen LogP contribution in [0.5, 0.6) is 0 Å². The highest BCUT2D eigenvalue weighted by molar-refractivity contribution is 14.2. The van der Waals surface area contributed by atoms with Gasteiger partial charge in [-0.05, 0) is 82.3 Å². The van der Waals surface area contributed by atoms with Gasteiger partial charge in [0, 0.05) is 86.4 Å². The number of halogens is 8. The molecule has 2 heterocycles. The fraction of sp³-hybridized carbons (Fsp3) is 0.387. The van der Waals surface area contributed by atoms with E-state index >= 15 is 26.3 Å². The third kappa shape index (κ3) is 5.91. The minimum absolute atomic E-state index is 0.0444. The number of nitrogens with zero attached hydrogens (tertiary/aromatic N) is 4. The largest absolute Gasteiger partial charge is 0.411 e. The molecule has 240 valence electrons. The van der Waals surface area contributed by atoms with Crippen molar-refractivity contribution in [2.45, 2.75) is 24.7 Å². The smallest absolute Gasteiger partial charge is 0.369 e. The van der Waals surface area contributed by atoms with Crippen LogP contribution < -0.4 is 4.90 Å². The molecular formula is C31H29F6I2N4S2+. The Bertz CT molecular complexity index is 1590. The first-order valence-electron chi connectivity index (χ1n) is 14.3. The minimum atomic E-state index is -5.67. The second kappa shape index (κ2) is 13.0. The van der Waals surface area contributed by atoms with Crippen LogP contribution >= 0.6 is 60.6 Å². The van der Waals surface area contributed by atoms with E-state index < -0.39 is 28.9 Å². The van der Waals surface area contributed by atoms with Crippen LogP contribution in [-0.4, -0.2) is 83.6 Å². The van der Waals surface area contributed by atoms with Crippen LogP contribution in [0.25, 0.3) is 5.57 Å². The average molecular weight is 890 g/mol. The fourth-order valence-electron chi connectivity index (χ4n) is 6.75. The first-order valence-corrected chi connectivity index (χ1v) is 21.0. The summed E-state index contributed by atoms with van der Waals surface area (Å²) in [5.74, 6) is 0. The van der Waals surface area contributed by atoms with Gasteiger partial charge in [0.25, 0.3) is 0 Å². The molecule has 0 unspecified atom stereocenters. The summed E-state index contributed by atoms with van der Waals surface area (Å²) in [4.78, 5) is 1.88. The number of rotatable bonds is 4. The molecule has 0 atom stereocenters. The predicted molar refractivity (Wildman–Crippen MR) is 188 cm³/mol. The van der Waals surface area contributed by atoms with Crippen molar-refractivity contribution in [3.05, 3.63) is 94.1 Å². The van der Waals surface area contributed by atoms with E-state index in [1.807, 2.05) is 28.5 Å². The summed E-state index contributed by atoms with van der Waals surface area (Å²) in [7, 11) is 3.09. The zero-order valence-corrected chi connectivity index (χ0v) is 30.0. The van der Waals surface area contributed by atoms with Crippen molar-refractivity contribution in [2.75, 3.05) is 57.3 Å². The predicted octanol–water partition coefficient (Wildman–Crippen LogP) is 8.56. The molecule has 0 bridgehead atoms. The summed E-state index contributed by atoms with van der Waals surface area (Å²) < 4.78 is 99.9. The van der Waals surface area contributed by atoms with Crippen LogP contribution in [-0.2, 0) is 5.41 Å². The van der Waals surface area contributed by atoms with Crippen molar-refractivity contribution in [3.63, 3.8) is 0 Å². The number of aryl methyl sites for hydroxylation is 1. The number of allylic oxidation sites excluding steroid dienone is 5. The molecule has 0 saturated carbocycles. The quantitative estimate of drug-likeness (QED) is 0.132. The molecule has 0 amide bonds. The molecule has 2 aromatic carbocycles. The molecule has 14 heteroatoms. The maximum absolute atomic E-state index is 15.6. The van der Waals surface area contributed by atoms with Crippen LogP contribution in [0.2, 0.25) is 0 Å². The Morgan fingerprint density at radius 1 is 0.778 bits per heavy atom. The first kappa shape index (κ1) is 33.7. The van der Waals surface area contributed by atoms with E-state index in [9.17, 15) is 0 Å². The van der Waals surface area contributed by atoms with Gasteiger partial charge in [-0.2, -0.15) is 26.3 Å². The summed E-state index contributed by atoms with van der Waals surface area (Å²) in [6.45, 7) is 6.39. The Hall–Kier alpha value is -1.21. The van der Waals surface area contributed by atoms with Gasteiger partial charge < -0.3 is 4.90 Å². The number of piperazine rings is 2. The third-order valence-corrected chi connectivity index (χ3v) is 13.5. The van der Waals surface area contributed by atoms with Gasteiger partial charge in [0.1, 0.15) is 0 Å². The Labute approximate surface area is 291 Å². The molecule has 0 aromatic heterocycles. The third-order valence-electron chi connectivity index (χ3n) is 9.02. The molecule has 2 aliphatic heterocycles. The number of fused-ring (bicyclic) bond motifs is 2. The van der Waals surface area contributed by atoms with Gasteiger partial charge in [0.15, 0.2) is 18.8 Å². The van der Waals surface area contributed by atoms with Gasteiger partial charge in [-0.15, -0.1) is 0 Å². The number of hydrogen-bond acceptors (Lipinski definition) is 5.